The highest BCUT2D eigenvalue weighted by molar-refractivity contribution is 7.99. The maximum atomic E-state index is 12.8. The number of aromatic nitrogens is 4. The lowest BCUT2D eigenvalue weighted by molar-refractivity contribution is 0.220. The zero-order valence-electron chi connectivity index (χ0n) is 15.3. The van der Waals surface area contributed by atoms with Crippen LogP contribution in [0.3, 0.4) is 0 Å². The Kier molecular flexibility index (Phi) is 5.06. The fraction of sp³-hybridized carbons (Fsp3) is 0.389. The van der Waals surface area contributed by atoms with Crippen LogP contribution in [0.1, 0.15) is 18.1 Å². The molecule has 1 atom stereocenters. The Hall–Kier alpha value is -2.32. The van der Waals surface area contributed by atoms with Crippen molar-refractivity contribution in [2.75, 3.05) is 5.75 Å². The van der Waals surface area contributed by atoms with E-state index in [1.165, 1.54) is 23.4 Å². The van der Waals surface area contributed by atoms with Gasteiger partial charge in [0.25, 0.3) is 5.56 Å². The Morgan fingerprint density at radius 3 is 2.62 bits per heavy atom. The number of thioether (sulfide) groups is 1. The molecule has 0 aliphatic heterocycles. The topological polar surface area (TPSA) is 82.1 Å². The van der Waals surface area contributed by atoms with Crippen LogP contribution >= 0.6 is 11.8 Å². The van der Waals surface area contributed by atoms with E-state index in [2.05, 4.69) is 11.1 Å². The van der Waals surface area contributed by atoms with Crippen LogP contribution in [0.2, 0.25) is 0 Å². The molecule has 0 aliphatic carbocycles. The first-order valence-electron chi connectivity index (χ1n) is 8.32. The largest absolute Gasteiger partial charge is 0.393 e. The number of aliphatic hydroxyl groups is 1. The molecule has 0 saturated heterocycles. The summed E-state index contributed by atoms with van der Waals surface area (Å²) < 4.78 is 4.31. The minimum absolute atomic E-state index is 0.360. The molecule has 1 aromatic carbocycles. The van der Waals surface area contributed by atoms with Crippen molar-refractivity contribution in [1.82, 2.24) is 18.7 Å². The second-order valence-electron chi connectivity index (χ2n) is 6.51. The van der Waals surface area contributed by atoms with Crippen molar-refractivity contribution in [3.05, 3.63) is 56.2 Å². The average Bonchev–Trinajstić information content (AvgIpc) is 2.95. The molecule has 1 N–H and O–H groups in total. The molecule has 2 aromatic heterocycles. The van der Waals surface area contributed by atoms with E-state index in [0.717, 1.165) is 15.7 Å². The quantitative estimate of drug-likeness (QED) is 0.680. The van der Waals surface area contributed by atoms with E-state index in [0.29, 0.717) is 28.6 Å². The molecule has 0 unspecified atom stereocenters. The van der Waals surface area contributed by atoms with Gasteiger partial charge in [-0.25, -0.2) is 9.78 Å². The van der Waals surface area contributed by atoms with Gasteiger partial charge in [0.1, 0.15) is 0 Å². The van der Waals surface area contributed by atoms with E-state index < -0.39 is 11.8 Å². The maximum Gasteiger partial charge on any atom is 0.332 e. The lowest BCUT2D eigenvalue weighted by Gasteiger charge is -2.10. The average molecular weight is 374 g/mol. The summed E-state index contributed by atoms with van der Waals surface area (Å²) in [6, 6.07) is 8.04. The molecule has 0 spiro atoms. The second-order valence-corrected chi connectivity index (χ2v) is 7.49. The first kappa shape index (κ1) is 18.5. The number of hydrogen-bond acceptors (Lipinski definition) is 5. The highest BCUT2D eigenvalue weighted by Crippen LogP contribution is 2.23. The lowest BCUT2D eigenvalue weighted by Crippen LogP contribution is -2.37. The van der Waals surface area contributed by atoms with Gasteiger partial charge in [-0.1, -0.05) is 41.6 Å². The van der Waals surface area contributed by atoms with Crippen LogP contribution in [0.4, 0.5) is 0 Å². The molecule has 0 amide bonds. The fourth-order valence-electron chi connectivity index (χ4n) is 2.87. The summed E-state index contributed by atoms with van der Waals surface area (Å²) in [6.07, 6.45) is -0.501. The van der Waals surface area contributed by atoms with Gasteiger partial charge in [-0.3, -0.25) is 13.9 Å². The summed E-state index contributed by atoms with van der Waals surface area (Å²) in [7, 11) is 3.08. The van der Waals surface area contributed by atoms with E-state index in [1.54, 1.807) is 14.0 Å². The van der Waals surface area contributed by atoms with Crippen LogP contribution < -0.4 is 11.2 Å². The van der Waals surface area contributed by atoms with Crippen molar-refractivity contribution >= 4 is 22.9 Å². The molecule has 0 aliphatic rings. The molecule has 7 nitrogen and oxygen atoms in total. The normalized spacial score (nSPS) is 12.7. The molecule has 0 saturated carbocycles. The molecule has 0 bridgehead atoms. The third kappa shape index (κ3) is 3.34. The van der Waals surface area contributed by atoms with Gasteiger partial charge < -0.3 is 9.67 Å². The van der Waals surface area contributed by atoms with Gasteiger partial charge in [-0.05, 0) is 19.4 Å². The Morgan fingerprint density at radius 2 is 1.96 bits per heavy atom. The zero-order valence-corrected chi connectivity index (χ0v) is 16.1. The number of aliphatic hydroxyl groups excluding tert-OH is 1. The first-order chi connectivity index (χ1) is 12.3. The van der Waals surface area contributed by atoms with Gasteiger partial charge in [0, 0.05) is 19.8 Å². The summed E-state index contributed by atoms with van der Waals surface area (Å²) in [6.45, 7) is 4.18. The van der Waals surface area contributed by atoms with E-state index in [9.17, 15) is 14.7 Å². The number of nitrogens with zero attached hydrogens (tertiary/aromatic N) is 4. The third-order valence-corrected chi connectivity index (χ3v) is 5.41. The standard InChI is InChI=1S/C18H22N4O3S/c1-11-6-5-7-13(8-11)9-22-14-15(19-17(22)26-10-12(2)23)20(3)18(25)21(4)16(14)24/h5-8,12,23H,9-10H2,1-4H3/t12-/m0/s1. The van der Waals surface area contributed by atoms with Crippen LogP contribution in [-0.4, -0.2) is 35.6 Å². The Balaban J connectivity index is 2.24. The van der Waals surface area contributed by atoms with Crippen molar-refractivity contribution in [1.29, 1.82) is 0 Å². The van der Waals surface area contributed by atoms with Gasteiger partial charge in [-0.2, -0.15) is 0 Å². The number of hydrogen-bond donors (Lipinski definition) is 1. The zero-order chi connectivity index (χ0) is 19.0. The molecule has 0 fully saturated rings. The van der Waals surface area contributed by atoms with Gasteiger partial charge >= 0.3 is 5.69 Å². The monoisotopic (exact) mass is 374 g/mol. The molecule has 0 radical (unpaired) electrons. The molecule has 26 heavy (non-hydrogen) atoms. The summed E-state index contributed by atoms with van der Waals surface area (Å²) in [5.74, 6) is 0.450. The Morgan fingerprint density at radius 1 is 1.23 bits per heavy atom. The molecule has 2 heterocycles. The van der Waals surface area contributed by atoms with E-state index in [1.807, 2.05) is 29.7 Å². The number of benzene rings is 1. The minimum atomic E-state index is -0.501. The predicted molar refractivity (Wildman–Crippen MR) is 103 cm³/mol. The molecule has 8 heteroatoms. The molecule has 3 aromatic rings. The van der Waals surface area contributed by atoms with Gasteiger partial charge in [0.2, 0.25) is 0 Å². The first-order valence-corrected chi connectivity index (χ1v) is 9.30. The molecule has 3 rings (SSSR count). The number of aryl methyl sites for hydroxylation is 2. The van der Waals surface area contributed by atoms with Crippen LogP contribution in [0.15, 0.2) is 39.0 Å². The third-order valence-electron chi connectivity index (χ3n) is 4.19. The highest BCUT2D eigenvalue weighted by atomic mass is 32.2. The fourth-order valence-corrected chi connectivity index (χ4v) is 3.72. The van der Waals surface area contributed by atoms with Crippen molar-refractivity contribution in [2.45, 2.75) is 31.7 Å². The number of fused-ring (bicyclic) bond motifs is 1. The Labute approximate surface area is 154 Å². The van der Waals surface area contributed by atoms with Crippen LogP contribution in [0, 0.1) is 6.92 Å². The Bertz CT molecular complexity index is 1080. The summed E-state index contributed by atoms with van der Waals surface area (Å²) >= 11 is 1.37. The van der Waals surface area contributed by atoms with Crippen molar-refractivity contribution in [3.8, 4) is 0 Å². The van der Waals surface area contributed by atoms with Crippen LogP contribution in [0.5, 0.6) is 0 Å². The summed E-state index contributed by atoms with van der Waals surface area (Å²) in [5.41, 5.74) is 2.15. The van der Waals surface area contributed by atoms with Crippen molar-refractivity contribution < 1.29 is 5.11 Å². The summed E-state index contributed by atoms with van der Waals surface area (Å²) in [5, 5.41) is 10.2. The van der Waals surface area contributed by atoms with Gasteiger partial charge in [-0.15, -0.1) is 0 Å². The van der Waals surface area contributed by atoms with E-state index in [4.69, 9.17) is 0 Å². The second kappa shape index (κ2) is 7.13. The van der Waals surface area contributed by atoms with Crippen molar-refractivity contribution in [3.63, 3.8) is 0 Å². The number of rotatable bonds is 5. The smallest absolute Gasteiger partial charge is 0.332 e. The highest BCUT2D eigenvalue weighted by Gasteiger charge is 2.20. The van der Waals surface area contributed by atoms with E-state index >= 15 is 0 Å². The number of imidazole rings is 1. The molecule has 138 valence electrons. The van der Waals surface area contributed by atoms with Crippen LogP contribution in [0.25, 0.3) is 11.2 Å². The predicted octanol–water partition coefficient (Wildman–Crippen LogP) is 1.26. The van der Waals surface area contributed by atoms with Gasteiger partial charge in [0.05, 0.1) is 12.6 Å². The molecular weight excluding hydrogens is 352 g/mol. The SMILES string of the molecule is Cc1cccc(Cn2c(SC[C@H](C)O)nc3c2c(=O)n(C)c(=O)n3C)c1. The lowest BCUT2D eigenvalue weighted by atomic mass is 10.1. The van der Waals surface area contributed by atoms with Gasteiger partial charge in [0.15, 0.2) is 16.3 Å². The van der Waals surface area contributed by atoms with E-state index in [-0.39, 0.29) is 5.56 Å². The molecular formula is C18H22N4O3S. The van der Waals surface area contributed by atoms with Crippen LogP contribution in [-0.2, 0) is 20.6 Å². The van der Waals surface area contributed by atoms with Crippen molar-refractivity contribution in [2.24, 2.45) is 14.1 Å². The maximum absolute atomic E-state index is 12.8. The summed E-state index contributed by atoms with van der Waals surface area (Å²) in [4.78, 5) is 29.5. The minimum Gasteiger partial charge on any atom is -0.393 e.